The highest BCUT2D eigenvalue weighted by molar-refractivity contribution is 7.89. The molecule has 1 fully saturated rings. The summed E-state index contributed by atoms with van der Waals surface area (Å²) in [6.45, 7) is 3.35. The predicted molar refractivity (Wildman–Crippen MR) is 122 cm³/mol. The molecule has 2 aliphatic heterocycles. The largest absolute Gasteiger partial charge is 0.486 e. The molecule has 31 heavy (non-hydrogen) atoms. The number of likely N-dealkylation sites (tertiary alicyclic amines) is 1. The van der Waals surface area contributed by atoms with Gasteiger partial charge in [0, 0.05) is 24.2 Å². The molecular weight excluding hydrogens is 483 g/mol. The lowest BCUT2D eigenvalue weighted by atomic mass is 9.97. The van der Waals surface area contributed by atoms with Crippen molar-refractivity contribution >= 4 is 44.8 Å². The second kappa shape index (κ2) is 9.73. The van der Waals surface area contributed by atoms with Crippen molar-refractivity contribution in [2.24, 2.45) is 5.92 Å². The standard InChI is InChI=1S/C21H23Cl3N2O4S/c22-15-4-5-18-19(10-15)30-16(13-29-18)12-26-8-6-14(7-9-26)11-25-31(27,28)20-3-1-2-17(23)21(20)24/h1-5,10,14,16,25H,6-9,11-13H2. The number of hydrogen-bond acceptors (Lipinski definition) is 5. The van der Waals surface area contributed by atoms with Crippen LogP contribution < -0.4 is 14.2 Å². The SMILES string of the molecule is O=S(=O)(NCC1CCN(CC2COc3ccc(Cl)cc3O2)CC1)c1cccc(Cl)c1Cl. The Hall–Kier alpha value is -1.22. The van der Waals surface area contributed by atoms with Gasteiger partial charge in [-0.3, -0.25) is 4.90 Å². The second-order valence-corrected chi connectivity index (χ2v) is 10.7. The first-order chi connectivity index (χ1) is 14.8. The van der Waals surface area contributed by atoms with Crippen molar-refractivity contribution in [1.82, 2.24) is 9.62 Å². The number of nitrogens with one attached hydrogen (secondary N) is 1. The van der Waals surface area contributed by atoms with E-state index in [0.717, 1.165) is 32.5 Å². The number of benzene rings is 2. The summed E-state index contributed by atoms with van der Waals surface area (Å²) in [4.78, 5) is 2.33. The maximum atomic E-state index is 12.6. The van der Waals surface area contributed by atoms with Crippen molar-refractivity contribution < 1.29 is 17.9 Å². The Morgan fingerprint density at radius 2 is 1.84 bits per heavy atom. The van der Waals surface area contributed by atoms with Crippen LogP contribution in [0.25, 0.3) is 0 Å². The van der Waals surface area contributed by atoms with Gasteiger partial charge in [0.25, 0.3) is 0 Å². The molecular formula is C21H23Cl3N2O4S. The maximum Gasteiger partial charge on any atom is 0.242 e. The number of fused-ring (bicyclic) bond motifs is 1. The van der Waals surface area contributed by atoms with Gasteiger partial charge in [-0.15, -0.1) is 0 Å². The van der Waals surface area contributed by atoms with Gasteiger partial charge in [0.2, 0.25) is 10.0 Å². The number of halogens is 3. The van der Waals surface area contributed by atoms with Crippen molar-refractivity contribution in [3.8, 4) is 11.5 Å². The number of nitrogens with zero attached hydrogens (tertiary/aromatic N) is 1. The lowest BCUT2D eigenvalue weighted by Gasteiger charge is -2.35. The smallest absolute Gasteiger partial charge is 0.242 e. The molecule has 2 aromatic rings. The molecule has 0 radical (unpaired) electrons. The first kappa shape index (κ1) is 23.0. The molecule has 2 heterocycles. The van der Waals surface area contributed by atoms with E-state index in [1.807, 2.05) is 6.07 Å². The quantitative estimate of drug-likeness (QED) is 0.627. The summed E-state index contributed by atoms with van der Waals surface area (Å²) < 4.78 is 39.7. The summed E-state index contributed by atoms with van der Waals surface area (Å²) in [5.41, 5.74) is 0. The Balaban J connectivity index is 1.25. The van der Waals surface area contributed by atoms with Crippen molar-refractivity contribution in [3.05, 3.63) is 51.5 Å². The van der Waals surface area contributed by atoms with E-state index in [0.29, 0.717) is 29.7 Å². The zero-order valence-electron chi connectivity index (χ0n) is 16.7. The lowest BCUT2D eigenvalue weighted by Crippen LogP contribution is -2.45. The van der Waals surface area contributed by atoms with Crippen molar-refractivity contribution in [1.29, 1.82) is 0 Å². The number of sulfonamides is 1. The van der Waals surface area contributed by atoms with Gasteiger partial charge in [-0.1, -0.05) is 40.9 Å². The summed E-state index contributed by atoms with van der Waals surface area (Å²) in [7, 11) is -3.71. The van der Waals surface area contributed by atoms with E-state index in [2.05, 4.69) is 9.62 Å². The fourth-order valence-electron chi connectivity index (χ4n) is 3.84. The minimum atomic E-state index is -3.71. The van der Waals surface area contributed by atoms with Gasteiger partial charge < -0.3 is 9.47 Å². The molecule has 10 heteroatoms. The van der Waals surface area contributed by atoms with E-state index in [4.69, 9.17) is 44.3 Å². The number of hydrogen-bond donors (Lipinski definition) is 1. The number of ether oxygens (including phenoxy) is 2. The third-order valence-electron chi connectivity index (χ3n) is 5.56. The van der Waals surface area contributed by atoms with Crippen LogP contribution >= 0.6 is 34.8 Å². The summed E-state index contributed by atoms with van der Waals surface area (Å²) in [6, 6.07) is 9.96. The van der Waals surface area contributed by atoms with Crippen molar-refractivity contribution in [2.45, 2.75) is 23.8 Å². The van der Waals surface area contributed by atoms with Gasteiger partial charge in [-0.2, -0.15) is 0 Å². The Morgan fingerprint density at radius 1 is 1.06 bits per heavy atom. The second-order valence-electron chi connectivity index (χ2n) is 7.79. The summed E-state index contributed by atoms with van der Waals surface area (Å²) in [5.74, 6) is 1.64. The van der Waals surface area contributed by atoms with Crippen molar-refractivity contribution in [2.75, 3.05) is 32.8 Å². The highest BCUT2D eigenvalue weighted by Gasteiger charge is 2.27. The normalized spacial score (nSPS) is 20.0. The molecule has 1 N–H and O–H groups in total. The van der Waals surface area contributed by atoms with E-state index < -0.39 is 10.0 Å². The van der Waals surface area contributed by atoms with Gasteiger partial charge in [0.1, 0.15) is 17.6 Å². The first-order valence-corrected chi connectivity index (χ1v) is 12.7. The van der Waals surface area contributed by atoms with E-state index >= 15 is 0 Å². The molecule has 0 aromatic heterocycles. The zero-order valence-corrected chi connectivity index (χ0v) is 19.8. The predicted octanol–water partition coefficient (Wildman–Crippen LogP) is 4.48. The minimum Gasteiger partial charge on any atom is -0.486 e. The van der Waals surface area contributed by atoms with E-state index in [1.165, 1.54) is 6.07 Å². The van der Waals surface area contributed by atoms with Crippen LogP contribution in [0.5, 0.6) is 11.5 Å². The average Bonchev–Trinajstić information content (AvgIpc) is 2.75. The van der Waals surface area contributed by atoms with Gasteiger partial charge in [0.15, 0.2) is 11.5 Å². The molecule has 0 aliphatic carbocycles. The average molecular weight is 506 g/mol. The molecule has 2 aliphatic rings. The third kappa shape index (κ3) is 5.59. The summed E-state index contributed by atoms with van der Waals surface area (Å²) in [5, 5.41) is 0.881. The molecule has 0 amide bonds. The Bertz CT molecular complexity index is 1040. The fraction of sp³-hybridized carbons (Fsp3) is 0.429. The number of piperidine rings is 1. The first-order valence-electron chi connectivity index (χ1n) is 10.1. The molecule has 2 aromatic carbocycles. The highest BCUT2D eigenvalue weighted by Crippen LogP contribution is 2.34. The molecule has 0 spiro atoms. The summed E-state index contributed by atoms with van der Waals surface area (Å²) in [6.07, 6.45) is 1.72. The van der Waals surface area contributed by atoms with Gasteiger partial charge in [-0.05, 0) is 56.1 Å². The lowest BCUT2D eigenvalue weighted by molar-refractivity contribution is 0.0481. The molecule has 1 saturated heterocycles. The Labute approximate surface area is 197 Å². The van der Waals surface area contributed by atoms with E-state index in [1.54, 1.807) is 24.3 Å². The molecule has 168 valence electrons. The maximum absolute atomic E-state index is 12.6. The topological polar surface area (TPSA) is 67.9 Å². The van der Waals surface area contributed by atoms with Gasteiger partial charge >= 0.3 is 0 Å². The fourth-order valence-corrected chi connectivity index (χ4v) is 5.88. The van der Waals surface area contributed by atoms with Crippen LogP contribution in [0.4, 0.5) is 0 Å². The Kier molecular flexibility index (Phi) is 7.20. The van der Waals surface area contributed by atoms with Gasteiger partial charge in [0.05, 0.1) is 10.0 Å². The molecule has 1 atom stereocenters. The van der Waals surface area contributed by atoms with Crippen LogP contribution in [-0.4, -0.2) is 52.2 Å². The molecule has 4 rings (SSSR count). The number of rotatable bonds is 6. The molecule has 0 saturated carbocycles. The van der Waals surface area contributed by atoms with Gasteiger partial charge in [-0.25, -0.2) is 13.1 Å². The Morgan fingerprint density at radius 3 is 2.61 bits per heavy atom. The summed E-state index contributed by atoms with van der Waals surface area (Å²) >= 11 is 18.0. The highest BCUT2D eigenvalue weighted by atomic mass is 35.5. The van der Waals surface area contributed by atoms with Crippen LogP contribution in [0, 0.1) is 5.92 Å². The van der Waals surface area contributed by atoms with Crippen LogP contribution in [0.2, 0.25) is 15.1 Å². The van der Waals surface area contributed by atoms with Crippen molar-refractivity contribution in [3.63, 3.8) is 0 Å². The van der Waals surface area contributed by atoms with Crippen LogP contribution in [-0.2, 0) is 10.0 Å². The molecule has 1 unspecified atom stereocenters. The molecule has 0 bridgehead atoms. The van der Waals surface area contributed by atoms with Crippen LogP contribution in [0.3, 0.4) is 0 Å². The van der Waals surface area contributed by atoms with Crippen LogP contribution in [0.15, 0.2) is 41.3 Å². The minimum absolute atomic E-state index is 0.00827. The zero-order chi connectivity index (χ0) is 22.0. The third-order valence-corrected chi connectivity index (χ3v) is 8.19. The van der Waals surface area contributed by atoms with E-state index in [9.17, 15) is 8.42 Å². The monoisotopic (exact) mass is 504 g/mol. The molecule has 6 nitrogen and oxygen atoms in total. The van der Waals surface area contributed by atoms with Crippen LogP contribution in [0.1, 0.15) is 12.8 Å². The van der Waals surface area contributed by atoms with E-state index in [-0.39, 0.29) is 27.0 Å².